The van der Waals surface area contributed by atoms with Crippen molar-refractivity contribution in [2.24, 2.45) is 11.8 Å². The van der Waals surface area contributed by atoms with Crippen LogP contribution >= 0.6 is 0 Å². The maximum absolute atomic E-state index is 12.4. The highest BCUT2D eigenvalue weighted by atomic mass is 16.5. The second-order valence-electron chi connectivity index (χ2n) is 5.86. The maximum Gasteiger partial charge on any atom is 0.309 e. The Bertz CT molecular complexity index is 489. The highest BCUT2D eigenvalue weighted by molar-refractivity contribution is 5.73. The Morgan fingerprint density at radius 3 is 2.67 bits per heavy atom. The Morgan fingerprint density at radius 2 is 2.00 bits per heavy atom. The maximum atomic E-state index is 12.4. The number of ether oxygens (including phenoxy) is 3. The zero-order chi connectivity index (χ0) is 14.7. The molecule has 0 amide bonds. The highest BCUT2D eigenvalue weighted by Gasteiger charge is 2.37. The van der Waals surface area contributed by atoms with Gasteiger partial charge in [-0.25, -0.2) is 0 Å². The van der Waals surface area contributed by atoms with Gasteiger partial charge in [0.1, 0.15) is 11.9 Å². The van der Waals surface area contributed by atoms with E-state index < -0.39 is 0 Å². The fourth-order valence-electron chi connectivity index (χ4n) is 2.81. The predicted molar refractivity (Wildman–Crippen MR) is 78.1 cm³/mol. The molecule has 1 saturated heterocycles. The van der Waals surface area contributed by atoms with Crippen LogP contribution in [0.25, 0.3) is 0 Å². The summed E-state index contributed by atoms with van der Waals surface area (Å²) in [6.07, 6.45) is 3.67. The molecule has 4 heteroatoms. The number of carbonyl (C=O) groups is 1. The average molecular weight is 290 g/mol. The Labute approximate surface area is 125 Å². The molecule has 1 aromatic rings. The van der Waals surface area contributed by atoms with Crippen LogP contribution in [0.3, 0.4) is 0 Å². The summed E-state index contributed by atoms with van der Waals surface area (Å²) >= 11 is 0. The van der Waals surface area contributed by atoms with Crippen LogP contribution in [0.1, 0.15) is 37.4 Å². The minimum Gasteiger partial charge on any atom is -0.497 e. The predicted octanol–water partition coefficient (Wildman–Crippen LogP) is 3.12. The molecule has 1 atom stereocenters. The van der Waals surface area contributed by atoms with E-state index in [1.165, 1.54) is 0 Å². The van der Waals surface area contributed by atoms with Crippen molar-refractivity contribution in [3.8, 4) is 5.75 Å². The molecule has 114 valence electrons. The fourth-order valence-corrected chi connectivity index (χ4v) is 2.81. The van der Waals surface area contributed by atoms with Gasteiger partial charge in [0.05, 0.1) is 13.0 Å². The summed E-state index contributed by atoms with van der Waals surface area (Å²) in [4.78, 5) is 12.4. The van der Waals surface area contributed by atoms with Crippen molar-refractivity contribution in [1.29, 1.82) is 0 Å². The summed E-state index contributed by atoms with van der Waals surface area (Å²) in [7, 11) is 1.65. The first kappa shape index (κ1) is 14.4. The van der Waals surface area contributed by atoms with Crippen LogP contribution in [-0.4, -0.2) is 26.3 Å². The van der Waals surface area contributed by atoms with Gasteiger partial charge in [-0.1, -0.05) is 12.1 Å². The first-order valence-electron chi connectivity index (χ1n) is 7.70. The average Bonchev–Trinajstić information content (AvgIpc) is 3.38. The van der Waals surface area contributed by atoms with Crippen molar-refractivity contribution in [2.45, 2.75) is 31.8 Å². The molecular formula is C17H22O4. The number of carbonyl (C=O) groups excluding carboxylic acids is 1. The molecule has 1 saturated carbocycles. The third-order valence-corrected chi connectivity index (χ3v) is 4.27. The normalized spacial score (nSPS) is 20.8. The van der Waals surface area contributed by atoms with Gasteiger partial charge in [-0.2, -0.15) is 0 Å². The molecule has 0 radical (unpaired) electrons. The summed E-state index contributed by atoms with van der Waals surface area (Å²) in [5.41, 5.74) is 1.04. The van der Waals surface area contributed by atoms with E-state index in [9.17, 15) is 4.79 Å². The van der Waals surface area contributed by atoms with Gasteiger partial charge >= 0.3 is 5.97 Å². The zero-order valence-corrected chi connectivity index (χ0v) is 12.4. The topological polar surface area (TPSA) is 44.8 Å². The zero-order valence-electron chi connectivity index (χ0n) is 12.4. The molecule has 1 aliphatic heterocycles. The van der Waals surface area contributed by atoms with Gasteiger partial charge in [0.2, 0.25) is 0 Å². The highest BCUT2D eigenvalue weighted by Crippen LogP contribution is 2.44. The SMILES string of the molecule is COc1cccc(C(OC(=O)C2CCOCC2)C2CC2)c1. The van der Waals surface area contributed by atoms with Gasteiger partial charge in [0, 0.05) is 19.1 Å². The lowest BCUT2D eigenvalue weighted by molar-refractivity contribution is -0.158. The molecule has 21 heavy (non-hydrogen) atoms. The number of hydrogen-bond acceptors (Lipinski definition) is 4. The number of rotatable bonds is 5. The van der Waals surface area contributed by atoms with Gasteiger partial charge in [0.25, 0.3) is 0 Å². The second-order valence-corrected chi connectivity index (χ2v) is 5.86. The summed E-state index contributed by atoms with van der Waals surface area (Å²) in [5.74, 6) is 1.18. The summed E-state index contributed by atoms with van der Waals surface area (Å²) in [6, 6.07) is 7.85. The Balaban J connectivity index is 1.70. The van der Waals surface area contributed by atoms with Crippen molar-refractivity contribution < 1.29 is 19.0 Å². The van der Waals surface area contributed by atoms with Crippen LogP contribution in [0.5, 0.6) is 5.75 Å². The number of esters is 1. The van der Waals surface area contributed by atoms with E-state index >= 15 is 0 Å². The smallest absolute Gasteiger partial charge is 0.309 e. The van der Waals surface area contributed by atoms with Crippen LogP contribution in [0.2, 0.25) is 0 Å². The van der Waals surface area contributed by atoms with Crippen molar-refractivity contribution in [3.63, 3.8) is 0 Å². The van der Waals surface area contributed by atoms with E-state index in [4.69, 9.17) is 14.2 Å². The van der Waals surface area contributed by atoms with Crippen molar-refractivity contribution in [1.82, 2.24) is 0 Å². The Hall–Kier alpha value is -1.55. The molecule has 1 heterocycles. The van der Waals surface area contributed by atoms with E-state index in [-0.39, 0.29) is 18.0 Å². The lowest BCUT2D eigenvalue weighted by Gasteiger charge is -2.24. The van der Waals surface area contributed by atoms with Crippen LogP contribution in [-0.2, 0) is 14.3 Å². The Kier molecular flexibility index (Phi) is 4.44. The number of benzene rings is 1. The minimum atomic E-state index is -0.129. The molecule has 4 nitrogen and oxygen atoms in total. The number of methoxy groups -OCH3 is 1. The summed E-state index contributed by atoms with van der Waals surface area (Å²) in [5, 5.41) is 0. The van der Waals surface area contributed by atoms with Crippen molar-refractivity contribution in [2.75, 3.05) is 20.3 Å². The van der Waals surface area contributed by atoms with E-state index in [2.05, 4.69) is 0 Å². The standard InChI is InChI=1S/C17H22O4/c1-19-15-4-2-3-14(11-15)16(12-5-6-12)21-17(18)13-7-9-20-10-8-13/h2-4,11-13,16H,5-10H2,1H3. The first-order chi connectivity index (χ1) is 10.3. The third-order valence-electron chi connectivity index (χ3n) is 4.27. The minimum absolute atomic E-state index is 0.00870. The lowest BCUT2D eigenvalue weighted by atomic mass is 10.00. The number of hydrogen-bond donors (Lipinski definition) is 0. The molecule has 0 N–H and O–H groups in total. The van der Waals surface area contributed by atoms with E-state index in [0.717, 1.165) is 37.0 Å². The summed E-state index contributed by atoms with van der Waals surface area (Å²) < 4.78 is 16.4. The summed E-state index contributed by atoms with van der Waals surface area (Å²) in [6.45, 7) is 1.32. The largest absolute Gasteiger partial charge is 0.497 e. The molecule has 1 aliphatic carbocycles. The van der Waals surface area contributed by atoms with E-state index in [0.29, 0.717) is 19.1 Å². The first-order valence-corrected chi connectivity index (χ1v) is 7.70. The van der Waals surface area contributed by atoms with Gasteiger partial charge in [0.15, 0.2) is 0 Å². The quantitative estimate of drug-likeness (QED) is 0.782. The van der Waals surface area contributed by atoms with Crippen LogP contribution in [0.15, 0.2) is 24.3 Å². The van der Waals surface area contributed by atoms with Gasteiger partial charge in [-0.15, -0.1) is 0 Å². The third kappa shape index (κ3) is 3.56. The second kappa shape index (κ2) is 6.48. The molecule has 2 aliphatic rings. The van der Waals surface area contributed by atoms with Crippen LogP contribution < -0.4 is 4.74 Å². The molecular weight excluding hydrogens is 268 g/mol. The van der Waals surface area contributed by atoms with Crippen molar-refractivity contribution in [3.05, 3.63) is 29.8 Å². The lowest BCUT2D eigenvalue weighted by Crippen LogP contribution is -2.27. The van der Waals surface area contributed by atoms with Gasteiger partial charge in [-0.3, -0.25) is 4.79 Å². The molecule has 0 bridgehead atoms. The van der Waals surface area contributed by atoms with E-state index in [1.807, 2.05) is 24.3 Å². The van der Waals surface area contributed by atoms with Gasteiger partial charge in [-0.05, 0) is 43.4 Å². The molecule has 2 fully saturated rings. The monoisotopic (exact) mass is 290 g/mol. The van der Waals surface area contributed by atoms with Gasteiger partial charge < -0.3 is 14.2 Å². The Morgan fingerprint density at radius 1 is 1.24 bits per heavy atom. The van der Waals surface area contributed by atoms with Crippen LogP contribution in [0, 0.1) is 11.8 Å². The van der Waals surface area contributed by atoms with E-state index in [1.54, 1.807) is 7.11 Å². The fraction of sp³-hybridized carbons (Fsp3) is 0.588. The van der Waals surface area contributed by atoms with Crippen LogP contribution in [0.4, 0.5) is 0 Å². The molecule has 3 rings (SSSR count). The molecule has 1 unspecified atom stereocenters. The molecule has 0 aromatic heterocycles. The molecule has 1 aromatic carbocycles. The van der Waals surface area contributed by atoms with Crippen molar-refractivity contribution >= 4 is 5.97 Å². The molecule has 0 spiro atoms.